The maximum Gasteiger partial charge on any atom is 0.0910 e. The van der Waals surface area contributed by atoms with Crippen molar-refractivity contribution in [2.45, 2.75) is 37.8 Å². The van der Waals surface area contributed by atoms with Gasteiger partial charge in [0.2, 0.25) is 0 Å². The minimum Gasteiger partial charge on any atom is -0.378 e. The van der Waals surface area contributed by atoms with Gasteiger partial charge in [0, 0.05) is 12.6 Å². The van der Waals surface area contributed by atoms with Gasteiger partial charge in [0.1, 0.15) is 0 Å². The summed E-state index contributed by atoms with van der Waals surface area (Å²) in [5, 5.41) is 0. The Labute approximate surface area is 87.8 Å². The van der Waals surface area contributed by atoms with Crippen molar-refractivity contribution >= 4 is 11.7 Å². The number of hydrogen-bond donors (Lipinski definition) is 1. The number of aromatic nitrogens is 2. The lowest BCUT2D eigenvalue weighted by molar-refractivity contribution is 0.101. The summed E-state index contributed by atoms with van der Waals surface area (Å²) in [4.78, 5) is 0. The first-order valence-corrected chi connectivity index (χ1v) is 5.74. The topological polar surface area (TPSA) is 61.0 Å². The summed E-state index contributed by atoms with van der Waals surface area (Å²) in [5.41, 5.74) is 6.88. The highest BCUT2D eigenvalue weighted by atomic mass is 32.1. The largest absolute Gasteiger partial charge is 0.378 e. The van der Waals surface area contributed by atoms with E-state index < -0.39 is 0 Å². The molecule has 78 valence electrons. The minimum absolute atomic E-state index is 0.0259. The summed E-state index contributed by atoms with van der Waals surface area (Å²) < 4.78 is 13.6. The van der Waals surface area contributed by atoms with Gasteiger partial charge in [0.05, 0.1) is 29.7 Å². The lowest BCUT2D eigenvalue weighted by Gasteiger charge is -2.12. The highest BCUT2D eigenvalue weighted by Crippen LogP contribution is 2.21. The molecule has 0 aromatic carbocycles. The normalized spacial score (nSPS) is 23.9. The predicted molar refractivity (Wildman–Crippen MR) is 55.0 cm³/mol. The Kier molecular flexibility index (Phi) is 3.44. The van der Waals surface area contributed by atoms with Crippen molar-refractivity contribution in [2.24, 2.45) is 5.73 Å². The van der Waals surface area contributed by atoms with Crippen LogP contribution in [0.1, 0.15) is 37.4 Å². The third kappa shape index (κ3) is 2.50. The molecular formula is C9H15N3OS. The molecule has 1 aromatic heterocycles. The van der Waals surface area contributed by atoms with E-state index in [0.717, 1.165) is 25.1 Å². The van der Waals surface area contributed by atoms with Gasteiger partial charge in [-0.15, -0.1) is 0 Å². The Balaban J connectivity index is 1.74. The van der Waals surface area contributed by atoms with Crippen LogP contribution in [0, 0.1) is 0 Å². The summed E-state index contributed by atoms with van der Waals surface area (Å²) in [6, 6.07) is 0.0259. The van der Waals surface area contributed by atoms with E-state index in [2.05, 4.69) is 8.75 Å². The summed E-state index contributed by atoms with van der Waals surface area (Å²) in [7, 11) is 0. The lowest BCUT2D eigenvalue weighted by Crippen LogP contribution is -2.14. The van der Waals surface area contributed by atoms with Crippen LogP contribution in [-0.4, -0.2) is 21.5 Å². The Hall–Kier alpha value is -0.520. The van der Waals surface area contributed by atoms with Crippen molar-refractivity contribution in [3.05, 3.63) is 11.9 Å². The molecule has 1 saturated heterocycles. The fourth-order valence-corrected chi connectivity index (χ4v) is 2.20. The maximum atomic E-state index is 5.97. The molecule has 0 amide bonds. The minimum atomic E-state index is 0.0259. The maximum absolute atomic E-state index is 5.97. The second kappa shape index (κ2) is 4.82. The number of nitrogens with two attached hydrogens (primary N) is 1. The van der Waals surface area contributed by atoms with Gasteiger partial charge in [-0.1, -0.05) is 0 Å². The predicted octanol–water partition coefficient (Wildman–Crippen LogP) is 1.50. The van der Waals surface area contributed by atoms with Crippen molar-refractivity contribution in [2.75, 3.05) is 6.61 Å². The number of ether oxygens (including phenoxy) is 1. The molecule has 1 aromatic rings. The SMILES string of the molecule is NC(CCC1CCCO1)c1cnsn1. The van der Waals surface area contributed by atoms with Crippen LogP contribution < -0.4 is 5.73 Å². The standard InChI is InChI=1S/C9H15N3OS/c10-8(9-6-11-14-12-9)4-3-7-2-1-5-13-7/h6-8H,1-5,10H2. The van der Waals surface area contributed by atoms with E-state index in [1.54, 1.807) is 6.20 Å². The van der Waals surface area contributed by atoms with Gasteiger partial charge in [-0.3, -0.25) is 0 Å². The van der Waals surface area contributed by atoms with Crippen LogP contribution in [0.25, 0.3) is 0 Å². The van der Waals surface area contributed by atoms with E-state index in [-0.39, 0.29) is 6.04 Å². The third-order valence-electron chi connectivity index (χ3n) is 2.58. The molecule has 1 aliphatic rings. The lowest BCUT2D eigenvalue weighted by atomic mass is 10.0. The molecule has 0 spiro atoms. The molecule has 2 rings (SSSR count). The monoisotopic (exact) mass is 213 g/mol. The zero-order valence-electron chi connectivity index (χ0n) is 8.06. The van der Waals surface area contributed by atoms with Crippen LogP contribution in [-0.2, 0) is 4.74 Å². The summed E-state index contributed by atoms with van der Waals surface area (Å²) in [5.74, 6) is 0. The van der Waals surface area contributed by atoms with Gasteiger partial charge in [0.25, 0.3) is 0 Å². The van der Waals surface area contributed by atoms with Crippen molar-refractivity contribution in [1.82, 2.24) is 8.75 Å². The smallest absolute Gasteiger partial charge is 0.0910 e. The zero-order chi connectivity index (χ0) is 9.80. The second-order valence-electron chi connectivity index (χ2n) is 3.65. The molecular weight excluding hydrogens is 198 g/mol. The average Bonchev–Trinajstić information content (AvgIpc) is 2.87. The Bertz CT molecular complexity index is 259. The number of rotatable bonds is 4. The van der Waals surface area contributed by atoms with Gasteiger partial charge in [-0.2, -0.15) is 8.75 Å². The quantitative estimate of drug-likeness (QED) is 0.823. The molecule has 1 fully saturated rings. The van der Waals surface area contributed by atoms with E-state index in [0.29, 0.717) is 6.10 Å². The van der Waals surface area contributed by atoms with Crippen molar-refractivity contribution in [3.8, 4) is 0 Å². The van der Waals surface area contributed by atoms with Crippen molar-refractivity contribution < 1.29 is 4.74 Å². The molecule has 2 N–H and O–H groups in total. The van der Waals surface area contributed by atoms with Crippen LogP contribution in [0.4, 0.5) is 0 Å². The van der Waals surface area contributed by atoms with Crippen LogP contribution in [0.2, 0.25) is 0 Å². The molecule has 5 heteroatoms. The Morgan fingerprint density at radius 3 is 3.29 bits per heavy atom. The molecule has 0 radical (unpaired) electrons. The van der Waals surface area contributed by atoms with Crippen LogP contribution >= 0.6 is 11.7 Å². The van der Waals surface area contributed by atoms with E-state index >= 15 is 0 Å². The highest BCUT2D eigenvalue weighted by Gasteiger charge is 2.17. The molecule has 2 unspecified atom stereocenters. The molecule has 14 heavy (non-hydrogen) atoms. The second-order valence-corrected chi connectivity index (χ2v) is 4.21. The molecule has 2 heterocycles. The molecule has 0 saturated carbocycles. The van der Waals surface area contributed by atoms with E-state index in [4.69, 9.17) is 10.5 Å². The van der Waals surface area contributed by atoms with Gasteiger partial charge in [-0.25, -0.2) is 0 Å². The van der Waals surface area contributed by atoms with E-state index in [9.17, 15) is 0 Å². The van der Waals surface area contributed by atoms with Gasteiger partial charge in [0.15, 0.2) is 0 Å². The summed E-state index contributed by atoms with van der Waals surface area (Å²) in [6.07, 6.45) is 6.53. The van der Waals surface area contributed by atoms with Crippen LogP contribution in [0.5, 0.6) is 0 Å². The first-order valence-electron chi connectivity index (χ1n) is 5.01. The Morgan fingerprint density at radius 2 is 2.64 bits per heavy atom. The molecule has 4 nitrogen and oxygen atoms in total. The molecule has 2 atom stereocenters. The Morgan fingerprint density at radius 1 is 1.71 bits per heavy atom. The first-order chi connectivity index (χ1) is 6.86. The average molecular weight is 213 g/mol. The van der Waals surface area contributed by atoms with Crippen LogP contribution in [0.3, 0.4) is 0 Å². The van der Waals surface area contributed by atoms with Crippen molar-refractivity contribution in [1.29, 1.82) is 0 Å². The van der Waals surface area contributed by atoms with Crippen molar-refractivity contribution in [3.63, 3.8) is 0 Å². The summed E-state index contributed by atoms with van der Waals surface area (Å²) >= 11 is 1.21. The fourth-order valence-electron chi connectivity index (χ4n) is 1.72. The zero-order valence-corrected chi connectivity index (χ0v) is 8.87. The molecule has 0 bridgehead atoms. The number of nitrogens with zero attached hydrogens (tertiary/aromatic N) is 2. The summed E-state index contributed by atoms with van der Waals surface area (Å²) in [6.45, 7) is 0.915. The van der Waals surface area contributed by atoms with E-state index in [1.807, 2.05) is 0 Å². The van der Waals surface area contributed by atoms with Gasteiger partial charge >= 0.3 is 0 Å². The van der Waals surface area contributed by atoms with E-state index in [1.165, 1.54) is 24.6 Å². The highest BCUT2D eigenvalue weighted by molar-refractivity contribution is 6.99. The first kappa shape index (κ1) is 10.0. The number of hydrogen-bond acceptors (Lipinski definition) is 5. The van der Waals surface area contributed by atoms with Crippen LogP contribution in [0.15, 0.2) is 6.20 Å². The van der Waals surface area contributed by atoms with Gasteiger partial charge in [-0.05, 0) is 25.7 Å². The molecule has 1 aliphatic heterocycles. The third-order valence-corrected chi connectivity index (χ3v) is 3.07. The molecule has 0 aliphatic carbocycles. The fraction of sp³-hybridized carbons (Fsp3) is 0.778. The van der Waals surface area contributed by atoms with Gasteiger partial charge < -0.3 is 10.5 Å².